The van der Waals surface area contributed by atoms with Crippen LogP contribution in [0, 0.1) is 10.8 Å². The SMILES string of the molecule is CCCN1CCN(c2cc3c(cc2C2CC(C)(C)CC(C)(C)C2)OCCO3)CC1. The third-order valence-corrected chi connectivity index (χ3v) is 6.94. The molecule has 1 aliphatic carbocycles. The molecule has 4 nitrogen and oxygen atoms in total. The van der Waals surface area contributed by atoms with Crippen LogP contribution in [0.25, 0.3) is 0 Å². The first kappa shape index (κ1) is 20.8. The van der Waals surface area contributed by atoms with E-state index in [1.807, 2.05) is 0 Å². The molecule has 1 aromatic rings. The van der Waals surface area contributed by atoms with Gasteiger partial charge in [-0.25, -0.2) is 0 Å². The number of benzene rings is 1. The predicted molar refractivity (Wildman–Crippen MR) is 121 cm³/mol. The molecular formula is C25H40N2O2. The molecule has 0 atom stereocenters. The average Bonchev–Trinajstić information content (AvgIpc) is 2.65. The Labute approximate surface area is 177 Å². The molecule has 162 valence electrons. The fourth-order valence-corrected chi connectivity index (χ4v) is 6.29. The van der Waals surface area contributed by atoms with Crippen molar-refractivity contribution >= 4 is 5.69 Å². The van der Waals surface area contributed by atoms with Crippen molar-refractivity contribution in [3.8, 4) is 11.5 Å². The third-order valence-electron chi connectivity index (χ3n) is 6.94. The van der Waals surface area contributed by atoms with E-state index in [9.17, 15) is 0 Å². The van der Waals surface area contributed by atoms with Crippen LogP contribution in [0.1, 0.15) is 71.8 Å². The van der Waals surface area contributed by atoms with Crippen LogP contribution in [0.5, 0.6) is 11.5 Å². The van der Waals surface area contributed by atoms with Crippen molar-refractivity contribution in [2.75, 3.05) is 50.8 Å². The molecule has 1 aromatic carbocycles. The van der Waals surface area contributed by atoms with Crippen molar-refractivity contribution in [3.05, 3.63) is 17.7 Å². The summed E-state index contributed by atoms with van der Waals surface area (Å²) in [5.41, 5.74) is 3.62. The van der Waals surface area contributed by atoms with Gasteiger partial charge in [-0.1, -0.05) is 34.6 Å². The molecule has 0 N–H and O–H groups in total. The molecule has 3 aliphatic rings. The van der Waals surface area contributed by atoms with Crippen LogP contribution in [-0.4, -0.2) is 50.8 Å². The molecule has 0 unspecified atom stereocenters. The maximum atomic E-state index is 6.00. The number of hydrogen-bond acceptors (Lipinski definition) is 4. The van der Waals surface area contributed by atoms with Crippen LogP contribution in [0.15, 0.2) is 12.1 Å². The molecule has 2 aliphatic heterocycles. The Morgan fingerprint density at radius 2 is 1.48 bits per heavy atom. The molecule has 0 amide bonds. The van der Waals surface area contributed by atoms with Gasteiger partial charge in [0.05, 0.1) is 0 Å². The standard InChI is InChI=1S/C25H40N2O2/c1-6-7-26-8-10-27(11-9-26)21-15-23-22(28-12-13-29-23)14-20(21)19-16-24(2,3)18-25(4,5)17-19/h14-15,19H,6-13,16-18H2,1-5H3. The summed E-state index contributed by atoms with van der Waals surface area (Å²) < 4.78 is 12.0. The zero-order chi connectivity index (χ0) is 20.6. The number of rotatable bonds is 4. The van der Waals surface area contributed by atoms with Crippen LogP contribution < -0.4 is 14.4 Å². The van der Waals surface area contributed by atoms with Gasteiger partial charge in [0.2, 0.25) is 0 Å². The second kappa shape index (κ2) is 8.02. The highest BCUT2D eigenvalue weighted by molar-refractivity contribution is 5.64. The smallest absolute Gasteiger partial charge is 0.163 e. The third kappa shape index (κ3) is 4.68. The molecule has 1 saturated carbocycles. The fraction of sp³-hybridized carbons (Fsp3) is 0.760. The largest absolute Gasteiger partial charge is 0.486 e. The van der Waals surface area contributed by atoms with Gasteiger partial charge < -0.3 is 14.4 Å². The summed E-state index contributed by atoms with van der Waals surface area (Å²) in [6.45, 7) is 19.1. The van der Waals surface area contributed by atoms with Crippen LogP contribution in [-0.2, 0) is 0 Å². The molecule has 29 heavy (non-hydrogen) atoms. The summed E-state index contributed by atoms with van der Waals surface area (Å²) in [5, 5.41) is 0. The Morgan fingerprint density at radius 3 is 2.07 bits per heavy atom. The highest BCUT2D eigenvalue weighted by Gasteiger charge is 2.40. The summed E-state index contributed by atoms with van der Waals surface area (Å²) in [7, 11) is 0. The molecule has 1 saturated heterocycles. The molecule has 2 heterocycles. The van der Waals surface area contributed by atoms with Crippen LogP contribution in [0.3, 0.4) is 0 Å². The highest BCUT2D eigenvalue weighted by Crippen LogP contribution is 2.54. The van der Waals surface area contributed by atoms with Crippen LogP contribution in [0.2, 0.25) is 0 Å². The monoisotopic (exact) mass is 400 g/mol. The summed E-state index contributed by atoms with van der Waals surface area (Å²) in [5.74, 6) is 2.45. The minimum Gasteiger partial charge on any atom is -0.486 e. The van der Waals surface area contributed by atoms with Crippen molar-refractivity contribution < 1.29 is 9.47 Å². The quantitative estimate of drug-likeness (QED) is 0.684. The molecule has 2 fully saturated rings. The lowest BCUT2D eigenvalue weighted by Gasteiger charge is -2.46. The van der Waals surface area contributed by atoms with Gasteiger partial charge in [0.15, 0.2) is 11.5 Å². The maximum absolute atomic E-state index is 6.00. The van der Waals surface area contributed by atoms with Crippen molar-refractivity contribution in [1.82, 2.24) is 4.90 Å². The topological polar surface area (TPSA) is 24.9 Å². The zero-order valence-electron chi connectivity index (χ0n) is 19.2. The van der Waals surface area contributed by atoms with E-state index in [2.05, 4.69) is 56.6 Å². The average molecular weight is 401 g/mol. The fourth-order valence-electron chi connectivity index (χ4n) is 6.29. The minimum atomic E-state index is 0.372. The lowest BCUT2D eigenvalue weighted by atomic mass is 9.60. The van der Waals surface area contributed by atoms with Crippen molar-refractivity contribution in [2.24, 2.45) is 10.8 Å². The van der Waals surface area contributed by atoms with Gasteiger partial charge in [-0.3, -0.25) is 4.90 Å². The summed E-state index contributed by atoms with van der Waals surface area (Å²) in [6, 6.07) is 4.61. The molecule has 0 bridgehead atoms. The summed E-state index contributed by atoms with van der Waals surface area (Å²) >= 11 is 0. The van der Waals surface area contributed by atoms with E-state index < -0.39 is 0 Å². The van der Waals surface area contributed by atoms with E-state index >= 15 is 0 Å². The summed E-state index contributed by atoms with van der Waals surface area (Å²) in [4.78, 5) is 5.20. The van der Waals surface area contributed by atoms with E-state index in [-0.39, 0.29) is 0 Å². The van der Waals surface area contributed by atoms with Gasteiger partial charge in [-0.15, -0.1) is 0 Å². The lowest BCUT2D eigenvalue weighted by molar-refractivity contribution is 0.0966. The Bertz CT molecular complexity index is 704. The van der Waals surface area contributed by atoms with Crippen molar-refractivity contribution in [1.29, 1.82) is 0 Å². The molecule has 0 spiro atoms. The predicted octanol–water partition coefficient (Wildman–Crippen LogP) is 5.31. The number of ether oxygens (including phenoxy) is 2. The van der Waals surface area contributed by atoms with Gasteiger partial charge in [0.25, 0.3) is 0 Å². The number of anilines is 1. The Hall–Kier alpha value is -1.42. The number of piperazine rings is 1. The second-order valence-corrected chi connectivity index (χ2v) is 11.0. The second-order valence-electron chi connectivity index (χ2n) is 11.0. The van der Waals surface area contributed by atoms with Crippen molar-refractivity contribution in [2.45, 2.75) is 66.2 Å². The van der Waals surface area contributed by atoms with E-state index in [0.29, 0.717) is 30.0 Å². The van der Waals surface area contributed by atoms with E-state index in [0.717, 1.165) is 37.7 Å². The summed E-state index contributed by atoms with van der Waals surface area (Å²) in [6.07, 6.45) is 5.03. The molecule has 0 radical (unpaired) electrons. The first-order chi connectivity index (χ1) is 13.8. The van der Waals surface area contributed by atoms with Gasteiger partial charge in [-0.2, -0.15) is 0 Å². The van der Waals surface area contributed by atoms with E-state index in [4.69, 9.17) is 9.47 Å². The number of fused-ring (bicyclic) bond motifs is 1. The molecule has 4 heteroatoms. The normalized spacial score (nSPS) is 24.5. The first-order valence-corrected chi connectivity index (χ1v) is 11.7. The van der Waals surface area contributed by atoms with Crippen molar-refractivity contribution in [3.63, 3.8) is 0 Å². The minimum absolute atomic E-state index is 0.372. The lowest BCUT2D eigenvalue weighted by Crippen LogP contribution is -2.47. The number of hydrogen-bond donors (Lipinski definition) is 0. The highest BCUT2D eigenvalue weighted by atomic mass is 16.6. The van der Waals surface area contributed by atoms with Gasteiger partial charge in [0.1, 0.15) is 13.2 Å². The van der Waals surface area contributed by atoms with Crippen LogP contribution >= 0.6 is 0 Å². The van der Waals surface area contributed by atoms with Gasteiger partial charge in [-0.05, 0) is 60.6 Å². The zero-order valence-corrected chi connectivity index (χ0v) is 19.2. The Morgan fingerprint density at radius 1 is 0.897 bits per heavy atom. The molecule has 0 aromatic heterocycles. The van der Waals surface area contributed by atoms with Crippen LogP contribution in [0.4, 0.5) is 5.69 Å². The Kier molecular flexibility index (Phi) is 5.76. The van der Waals surface area contributed by atoms with E-state index in [1.54, 1.807) is 0 Å². The molecule has 4 rings (SSSR count). The first-order valence-electron chi connectivity index (χ1n) is 11.7. The molecular weight excluding hydrogens is 360 g/mol. The van der Waals surface area contributed by atoms with Gasteiger partial charge >= 0.3 is 0 Å². The van der Waals surface area contributed by atoms with Gasteiger partial charge in [0, 0.05) is 37.9 Å². The maximum Gasteiger partial charge on any atom is 0.163 e. The number of nitrogens with zero attached hydrogens (tertiary/aromatic N) is 2. The van der Waals surface area contributed by atoms with E-state index in [1.165, 1.54) is 43.5 Å². The Balaban J connectivity index is 1.67.